The molecular weight excluding hydrogens is 406 g/mol. The summed E-state index contributed by atoms with van der Waals surface area (Å²) in [6.07, 6.45) is 0. The summed E-state index contributed by atoms with van der Waals surface area (Å²) in [6, 6.07) is 15.9. The average molecular weight is 426 g/mol. The highest BCUT2D eigenvalue weighted by Crippen LogP contribution is 2.42. The third-order valence-corrected chi connectivity index (χ3v) is 6.96. The lowest BCUT2D eigenvalue weighted by molar-refractivity contribution is 0.102. The predicted octanol–water partition coefficient (Wildman–Crippen LogP) is 5.91. The van der Waals surface area contributed by atoms with E-state index in [0.717, 1.165) is 26.9 Å². The fourth-order valence-corrected chi connectivity index (χ4v) is 5.44. The Morgan fingerprint density at radius 1 is 1.00 bits per heavy atom. The molecule has 0 saturated carbocycles. The van der Waals surface area contributed by atoms with E-state index in [9.17, 15) is 4.79 Å². The van der Waals surface area contributed by atoms with Gasteiger partial charge >= 0.3 is 0 Å². The first-order valence-corrected chi connectivity index (χ1v) is 11.3. The van der Waals surface area contributed by atoms with Crippen molar-refractivity contribution in [3.05, 3.63) is 70.4 Å². The molecule has 3 heterocycles. The predicted molar refractivity (Wildman–Crippen MR) is 121 cm³/mol. The summed E-state index contributed by atoms with van der Waals surface area (Å²) in [6.45, 7) is 0.850. The van der Waals surface area contributed by atoms with Crippen molar-refractivity contribution in [2.45, 2.75) is 6.54 Å². The lowest BCUT2D eigenvalue weighted by Gasteiger charge is -2.09. The largest absolute Gasteiger partial charge is 0.305 e. The second-order valence-electron chi connectivity index (χ2n) is 6.54. The van der Waals surface area contributed by atoms with E-state index in [1.807, 2.05) is 55.9 Å². The van der Waals surface area contributed by atoms with Crippen molar-refractivity contribution in [1.82, 2.24) is 9.88 Å². The number of hydrogen-bond acceptors (Lipinski definition) is 6. The Balaban J connectivity index is 1.58. The fourth-order valence-electron chi connectivity index (χ4n) is 2.82. The number of amides is 1. The number of nitrogens with one attached hydrogen (secondary N) is 1. The number of aromatic nitrogens is 1. The molecule has 3 aromatic heterocycles. The number of rotatable bonds is 6. The van der Waals surface area contributed by atoms with Crippen molar-refractivity contribution < 1.29 is 4.79 Å². The first kappa shape index (κ1) is 19.0. The molecule has 0 unspecified atom stereocenters. The van der Waals surface area contributed by atoms with Gasteiger partial charge in [0.25, 0.3) is 5.91 Å². The van der Waals surface area contributed by atoms with Gasteiger partial charge in [0, 0.05) is 17.0 Å². The molecule has 1 amide bonds. The quantitative estimate of drug-likeness (QED) is 0.417. The first-order valence-electron chi connectivity index (χ1n) is 8.74. The summed E-state index contributed by atoms with van der Waals surface area (Å²) in [5.41, 5.74) is 2.74. The molecule has 0 spiro atoms. The topological polar surface area (TPSA) is 45.2 Å². The Hall–Kier alpha value is -2.32. The SMILES string of the molecule is CN(C)Cc1ccc(C(=O)Nc2nc(-c3cccs3)c(-c3cccs3)s2)cc1. The molecule has 1 aromatic carbocycles. The summed E-state index contributed by atoms with van der Waals surface area (Å²) in [4.78, 5) is 22.9. The summed E-state index contributed by atoms with van der Waals surface area (Å²) in [5, 5.41) is 7.69. The van der Waals surface area contributed by atoms with Crippen LogP contribution in [0.3, 0.4) is 0 Å². The second-order valence-corrected chi connectivity index (χ2v) is 9.43. The van der Waals surface area contributed by atoms with Gasteiger partial charge in [0.2, 0.25) is 0 Å². The standard InChI is InChI=1S/C21H19N3OS3/c1-24(2)13-14-7-9-15(10-8-14)20(25)23-21-22-18(16-5-3-11-26-16)19(28-21)17-6-4-12-27-17/h3-12H,13H2,1-2H3,(H,22,23,25). The van der Waals surface area contributed by atoms with Gasteiger partial charge in [0.1, 0.15) is 5.69 Å². The maximum atomic E-state index is 12.7. The van der Waals surface area contributed by atoms with Gasteiger partial charge in [-0.15, -0.1) is 22.7 Å². The van der Waals surface area contributed by atoms with Crippen LogP contribution < -0.4 is 5.32 Å². The van der Waals surface area contributed by atoms with Crippen molar-refractivity contribution in [2.75, 3.05) is 19.4 Å². The zero-order valence-corrected chi connectivity index (χ0v) is 18.0. The molecule has 0 radical (unpaired) electrons. The van der Waals surface area contributed by atoms with Crippen LogP contribution in [0.5, 0.6) is 0 Å². The summed E-state index contributed by atoms with van der Waals surface area (Å²) in [5.74, 6) is -0.138. The molecule has 0 fully saturated rings. The van der Waals surface area contributed by atoms with Crippen molar-refractivity contribution in [3.8, 4) is 20.3 Å². The smallest absolute Gasteiger partial charge is 0.257 e. The molecule has 28 heavy (non-hydrogen) atoms. The zero-order chi connectivity index (χ0) is 19.5. The van der Waals surface area contributed by atoms with Crippen LogP contribution >= 0.6 is 34.0 Å². The third-order valence-electron chi connectivity index (χ3n) is 4.06. The molecule has 7 heteroatoms. The van der Waals surface area contributed by atoms with Gasteiger partial charge in [0.05, 0.1) is 9.75 Å². The van der Waals surface area contributed by atoms with Crippen LogP contribution in [0.4, 0.5) is 5.13 Å². The molecular formula is C21H19N3OS3. The number of benzene rings is 1. The summed E-state index contributed by atoms with van der Waals surface area (Å²) < 4.78 is 0. The molecule has 4 aromatic rings. The molecule has 1 N–H and O–H groups in total. The van der Waals surface area contributed by atoms with E-state index in [1.165, 1.54) is 16.9 Å². The van der Waals surface area contributed by atoms with Crippen LogP contribution in [0.1, 0.15) is 15.9 Å². The lowest BCUT2D eigenvalue weighted by atomic mass is 10.1. The van der Waals surface area contributed by atoms with E-state index in [4.69, 9.17) is 4.98 Å². The van der Waals surface area contributed by atoms with E-state index in [2.05, 4.69) is 27.7 Å². The van der Waals surface area contributed by atoms with Gasteiger partial charge in [-0.3, -0.25) is 10.1 Å². The average Bonchev–Trinajstić information content (AvgIpc) is 3.42. The molecule has 142 valence electrons. The van der Waals surface area contributed by atoms with E-state index >= 15 is 0 Å². The van der Waals surface area contributed by atoms with Crippen molar-refractivity contribution in [1.29, 1.82) is 0 Å². The number of thiazole rings is 1. The minimum Gasteiger partial charge on any atom is -0.305 e. The van der Waals surface area contributed by atoms with E-state index in [0.29, 0.717) is 10.7 Å². The number of hydrogen-bond donors (Lipinski definition) is 1. The molecule has 0 aliphatic rings. The minimum atomic E-state index is -0.138. The third kappa shape index (κ3) is 4.23. The summed E-state index contributed by atoms with van der Waals surface area (Å²) in [7, 11) is 4.05. The van der Waals surface area contributed by atoms with Crippen LogP contribution in [-0.4, -0.2) is 29.9 Å². The van der Waals surface area contributed by atoms with Crippen LogP contribution in [0.2, 0.25) is 0 Å². The van der Waals surface area contributed by atoms with E-state index in [-0.39, 0.29) is 5.91 Å². The highest BCUT2D eigenvalue weighted by molar-refractivity contribution is 7.24. The van der Waals surface area contributed by atoms with Crippen LogP contribution in [0.25, 0.3) is 20.3 Å². The van der Waals surface area contributed by atoms with Crippen LogP contribution in [0.15, 0.2) is 59.3 Å². The van der Waals surface area contributed by atoms with Crippen LogP contribution in [-0.2, 0) is 6.54 Å². The van der Waals surface area contributed by atoms with Crippen LogP contribution in [0, 0.1) is 0 Å². The second kappa shape index (κ2) is 8.36. The number of anilines is 1. The molecule has 0 bridgehead atoms. The number of nitrogens with zero attached hydrogens (tertiary/aromatic N) is 2. The number of carbonyl (C=O) groups excluding carboxylic acids is 1. The number of carbonyl (C=O) groups is 1. The normalized spacial score (nSPS) is 11.1. The molecule has 0 aliphatic carbocycles. The maximum Gasteiger partial charge on any atom is 0.257 e. The zero-order valence-electron chi connectivity index (χ0n) is 15.5. The van der Waals surface area contributed by atoms with Gasteiger partial charge in [-0.05, 0) is 54.7 Å². The highest BCUT2D eigenvalue weighted by atomic mass is 32.1. The monoisotopic (exact) mass is 425 g/mol. The van der Waals surface area contributed by atoms with Gasteiger partial charge < -0.3 is 4.90 Å². The minimum absolute atomic E-state index is 0.138. The molecule has 0 saturated heterocycles. The molecule has 0 atom stereocenters. The lowest BCUT2D eigenvalue weighted by Crippen LogP contribution is -2.13. The molecule has 0 aliphatic heterocycles. The van der Waals surface area contributed by atoms with E-state index < -0.39 is 0 Å². The Morgan fingerprint density at radius 3 is 2.29 bits per heavy atom. The fraction of sp³-hybridized carbons (Fsp3) is 0.143. The molecule has 4 rings (SSSR count). The van der Waals surface area contributed by atoms with Crippen molar-refractivity contribution in [3.63, 3.8) is 0 Å². The summed E-state index contributed by atoms with van der Waals surface area (Å²) >= 11 is 4.85. The van der Waals surface area contributed by atoms with Gasteiger partial charge in [-0.25, -0.2) is 4.98 Å². The van der Waals surface area contributed by atoms with Crippen molar-refractivity contribution in [2.24, 2.45) is 0 Å². The first-order chi connectivity index (χ1) is 13.6. The molecule has 4 nitrogen and oxygen atoms in total. The Bertz CT molecular complexity index is 997. The Morgan fingerprint density at radius 2 is 1.68 bits per heavy atom. The van der Waals surface area contributed by atoms with Gasteiger partial charge in [-0.1, -0.05) is 35.6 Å². The highest BCUT2D eigenvalue weighted by Gasteiger charge is 2.18. The van der Waals surface area contributed by atoms with Crippen molar-refractivity contribution >= 4 is 45.0 Å². The van der Waals surface area contributed by atoms with Gasteiger partial charge in [-0.2, -0.15) is 0 Å². The number of thiophene rings is 2. The maximum absolute atomic E-state index is 12.7. The van der Waals surface area contributed by atoms with Gasteiger partial charge in [0.15, 0.2) is 5.13 Å². The van der Waals surface area contributed by atoms with E-state index in [1.54, 1.807) is 22.7 Å². The Labute approximate surface area is 176 Å². The Kier molecular flexibility index (Phi) is 5.68.